The van der Waals surface area contributed by atoms with E-state index in [0.29, 0.717) is 19.2 Å². The van der Waals surface area contributed by atoms with Crippen LogP contribution in [0.15, 0.2) is 0 Å². The van der Waals surface area contributed by atoms with Gasteiger partial charge >= 0.3 is 6.03 Å². The van der Waals surface area contributed by atoms with E-state index in [4.69, 9.17) is 4.74 Å². The number of nitrogens with one attached hydrogen (secondary N) is 3. The molecule has 0 radical (unpaired) electrons. The third-order valence-electron chi connectivity index (χ3n) is 3.25. The Hall–Kier alpha value is -1.18. The van der Waals surface area contributed by atoms with Crippen LogP contribution in [-0.2, 0) is 9.53 Å². The minimum absolute atomic E-state index is 0.262. The summed E-state index contributed by atoms with van der Waals surface area (Å²) in [6.07, 6.45) is 2.04. The van der Waals surface area contributed by atoms with Crippen LogP contribution in [0.4, 0.5) is 4.79 Å². The Bertz CT molecular complexity index is 306. The predicted octanol–water partition coefficient (Wildman–Crippen LogP) is -0.467. The van der Waals surface area contributed by atoms with E-state index >= 15 is 0 Å². The lowest BCUT2D eigenvalue weighted by Crippen LogP contribution is -2.48. The molecule has 3 N–H and O–H groups in total. The number of carbonyl (C=O) groups is 2. The van der Waals surface area contributed by atoms with E-state index in [1.165, 1.54) is 0 Å². The summed E-state index contributed by atoms with van der Waals surface area (Å²) in [6, 6.07) is -0.0784. The van der Waals surface area contributed by atoms with E-state index in [-0.39, 0.29) is 12.5 Å². The van der Waals surface area contributed by atoms with Crippen molar-refractivity contribution in [2.24, 2.45) is 0 Å². The fraction of sp³-hybridized carbons (Fsp3) is 0.846. The highest BCUT2D eigenvalue weighted by Crippen LogP contribution is 2.08. The zero-order valence-electron chi connectivity index (χ0n) is 12.4. The molecule has 1 atom stereocenters. The Morgan fingerprint density at radius 2 is 2.25 bits per heavy atom. The zero-order chi connectivity index (χ0) is 14.8. The van der Waals surface area contributed by atoms with Gasteiger partial charge in [-0.1, -0.05) is 6.92 Å². The molecule has 0 saturated carbocycles. The average Bonchev–Trinajstić information content (AvgIpc) is 2.92. The van der Waals surface area contributed by atoms with Gasteiger partial charge in [0.15, 0.2) is 0 Å². The molecule has 1 aliphatic heterocycles. The summed E-state index contributed by atoms with van der Waals surface area (Å²) in [5.74, 6) is -0.264. The van der Waals surface area contributed by atoms with Crippen molar-refractivity contribution in [2.75, 3.05) is 46.4 Å². The van der Waals surface area contributed by atoms with Crippen LogP contribution < -0.4 is 16.0 Å². The first-order valence-electron chi connectivity index (χ1n) is 7.18. The number of amides is 3. The Kier molecular flexibility index (Phi) is 8.17. The molecule has 7 heteroatoms. The summed E-state index contributed by atoms with van der Waals surface area (Å²) >= 11 is 0. The SMILES string of the molecule is CCCN(CC(=O)NC(=O)NCCOC)C1CCNC1. The van der Waals surface area contributed by atoms with Gasteiger partial charge in [-0.05, 0) is 25.9 Å². The van der Waals surface area contributed by atoms with E-state index < -0.39 is 6.03 Å². The number of methoxy groups -OCH3 is 1. The molecule has 1 fully saturated rings. The van der Waals surface area contributed by atoms with Crippen LogP contribution in [0.25, 0.3) is 0 Å². The summed E-state index contributed by atoms with van der Waals surface area (Å²) in [5, 5.41) is 8.20. The maximum atomic E-state index is 11.9. The zero-order valence-corrected chi connectivity index (χ0v) is 12.4. The van der Waals surface area contributed by atoms with Gasteiger partial charge in [-0.2, -0.15) is 0 Å². The van der Waals surface area contributed by atoms with Crippen LogP contribution in [0.2, 0.25) is 0 Å². The Morgan fingerprint density at radius 1 is 1.45 bits per heavy atom. The molecule has 0 spiro atoms. The van der Waals surface area contributed by atoms with E-state index in [0.717, 1.165) is 32.5 Å². The summed E-state index contributed by atoms with van der Waals surface area (Å²) in [4.78, 5) is 25.5. The highest BCUT2D eigenvalue weighted by molar-refractivity contribution is 5.95. The second-order valence-corrected chi connectivity index (χ2v) is 4.91. The number of rotatable bonds is 8. The van der Waals surface area contributed by atoms with Crippen molar-refractivity contribution in [3.63, 3.8) is 0 Å². The Morgan fingerprint density at radius 3 is 2.85 bits per heavy atom. The first-order chi connectivity index (χ1) is 9.67. The van der Waals surface area contributed by atoms with Gasteiger partial charge in [0, 0.05) is 26.2 Å². The molecule has 0 aromatic rings. The van der Waals surface area contributed by atoms with E-state index in [2.05, 4.69) is 27.8 Å². The molecule has 116 valence electrons. The van der Waals surface area contributed by atoms with Crippen molar-refractivity contribution in [3.8, 4) is 0 Å². The number of hydrogen-bond donors (Lipinski definition) is 3. The second kappa shape index (κ2) is 9.68. The predicted molar refractivity (Wildman–Crippen MR) is 76.6 cm³/mol. The van der Waals surface area contributed by atoms with Gasteiger partial charge < -0.3 is 15.4 Å². The minimum Gasteiger partial charge on any atom is -0.383 e. The molecule has 0 bridgehead atoms. The van der Waals surface area contributed by atoms with Crippen molar-refractivity contribution < 1.29 is 14.3 Å². The highest BCUT2D eigenvalue weighted by atomic mass is 16.5. The van der Waals surface area contributed by atoms with Crippen LogP contribution >= 0.6 is 0 Å². The number of hydrogen-bond acceptors (Lipinski definition) is 5. The lowest BCUT2D eigenvalue weighted by molar-refractivity contribution is -0.121. The molecule has 1 rings (SSSR count). The first kappa shape index (κ1) is 16.9. The Labute approximate surface area is 120 Å². The van der Waals surface area contributed by atoms with Gasteiger partial charge in [-0.25, -0.2) is 4.79 Å². The minimum atomic E-state index is -0.465. The monoisotopic (exact) mass is 286 g/mol. The van der Waals surface area contributed by atoms with Crippen molar-refractivity contribution >= 4 is 11.9 Å². The summed E-state index contributed by atoms with van der Waals surface area (Å²) in [6.45, 7) is 5.93. The number of imide groups is 1. The average molecular weight is 286 g/mol. The molecule has 20 heavy (non-hydrogen) atoms. The van der Waals surface area contributed by atoms with Gasteiger partial charge in [-0.3, -0.25) is 15.0 Å². The maximum absolute atomic E-state index is 11.9. The number of urea groups is 1. The highest BCUT2D eigenvalue weighted by Gasteiger charge is 2.23. The molecule has 7 nitrogen and oxygen atoms in total. The summed E-state index contributed by atoms with van der Waals surface area (Å²) in [7, 11) is 1.56. The van der Waals surface area contributed by atoms with Crippen LogP contribution in [0.3, 0.4) is 0 Å². The summed E-state index contributed by atoms with van der Waals surface area (Å²) < 4.78 is 4.82. The van der Waals surface area contributed by atoms with Gasteiger partial charge in [0.1, 0.15) is 0 Å². The van der Waals surface area contributed by atoms with Crippen LogP contribution in [0.5, 0.6) is 0 Å². The lowest BCUT2D eigenvalue weighted by Gasteiger charge is -2.27. The maximum Gasteiger partial charge on any atom is 0.321 e. The number of nitrogens with zero attached hydrogens (tertiary/aromatic N) is 1. The molecule has 0 aromatic carbocycles. The topological polar surface area (TPSA) is 82.7 Å². The standard InChI is InChI=1S/C13H26N4O3/c1-3-7-17(11-4-5-14-9-11)10-12(18)16-13(19)15-6-8-20-2/h11,14H,3-10H2,1-2H3,(H2,15,16,18,19). The van der Waals surface area contributed by atoms with E-state index in [1.54, 1.807) is 7.11 Å². The fourth-order valence-corrected chi connectivity index (χ4v) is 2.29. The van der Waals surface area contributed by atoms with Crippen LogP contribution in [0, 0.1) is 0 Å². The molecular formula is C13H26N4O3. The van der Waals surface area contributed by atoms with E-state index in [9.17, 15) is 9.59 Å². The molecule has 0 aromatic heterocycles. The van der Waals surface area contributed by atoms with Crippen molar-refractivity contribution in [3.05, 3.63) is 0 Å². The van der Waals surface area contributed by atoms with Gasteiger partial charge in [0.25, 0.3) is 0 Å². The third-order valence-corrected chi connectivity index (χ3v) is 3.25. The third kappa shape index (κ3) is 6.31. The number of carbonyl (C=O) groups excluding carboxylic acids is 2. The molecular weight excluding hydrogens is 260 g/mol. The molecule has 1 heterocycles. The molecule has 3 amide bonds. The fourth-order valence-electron chi connectivity index (χ4n) is 2.29. The van der Waals surface area contributed by atoms with Crippen LogP contribution in [-0.4, -0.2) is 69.3 Å². The van der Waals surface area contributed by atoms with Crippen molar-refractivity contribution in [1.29, 1.82) is 0 Å². The molecule has 0 aliphatic carbocycles. The Balaban J connectivity index is 2.31. The number of ether oxygens (including phenoxy) is 1. The normalized spacial score (nSPS) is 18.2. The molecule has 1 unspecified atom stereocenters. The quantitative estimate of drug-likeness (QED) is 0.526. The summed E-state index contributed by atoms with van der Waals surface area (Å²) in [5.41, 5.74) is 0. The van der Waals surface area contributed by atoms with Gasteiger partial charge in [-0.15, -0.1) is 0 Å². The van der Waals surface area contributed by atoms with Gasteiger partial charge in [0.2, 0.25) is 5.91 Å². The smallest absolute Gasteiger partial charge is 0.321 e. The van der Waals surface area contributed by atoms with Crippen molar-refractivity contribution in [2.45, 2.75) is 25.8 Å². The van der Waals surface area contributed by atoms with Gasteiger partial charge in [0.05, 0.1) is 13.2 Å². The largest absolute Gasteiger partial charge is 0.383 e. The van der Waals surface area contributed by atoms with E-state index in [1.807, 2.05) is 0 Å². The van der Waals surface area contributed by atoms with Crippen molar-refractivity contribution in [1.82, 2.24) is 20.9 Å². The first-order valence-corrected chi connectivity index (χ1v) is 7.18. The van der Waals surface area contributed by atoms with Crippen LogP contribution in [0.1, 0.15) is 19.8 Å². The molecule has 1 aliphatic rings. The molecule has 1 saturated heterocycles. The lowest BCUT2D eigenvalue weighted by atomic mass is 10.2. The second-order valence-electron chi connectivity index (χ2n) is 4.91.